The zero-order chi connectivity index (χ0) is 19.1. The lowest BCUT2D eigenvalue weighted by Gasteiger charge is -2.33. The molecule has 9 nitrogen and oxygen atoms in total. The predicted octanol–water partition coefficient (Wildman–Crippen LogP) is -0.718. The van der Waals surface area contributed by atoms with E-state index < -0.39 is 30.2 Å². The van der Waals surface area contributed by atoms with Gasteiger partial charge in [-0.2, -0.15) is 0 Å². The Morgan fingerprint density at radius 1 is 1.46 bits per heavy atom. The number of rotatable bonds is 5. The lowest BCUT2D eigenvalue weighted by molar-refractivity contribution is -0.0688. The molecule has 0 aliphatic carbocycles. The molecule has 1 fully saturated rings. The van der Waals surface area contributed by atoms with Crippen molar-refractivity contribution in [3.63, 3.8) is 0 Å². The Bertz CT molecular complexity index is 682. The smallest absolute Gasteiger partial charge is 0.186 e. The molecule has 3 aliphatic heterocycles. The van der Waals surface area contributed by atoms with Crippen LogP contribution in [-0.2, 0) is 4.74 Å². The molecule has 0 amide bonds. The Balaban J connectivity index is 1.88. The normalized spacial score (nSPS) is 36.5. The van der Waals surface area contributed by atoms with Crippen molar-refractivity contribution >= 4 is 28.5 Å². The van der Waals surface area contributed by atoms with Crippen molar-refractivity contribution in [1.82, 2.24) is 4.90 Å². The molecule has 3 aliphatic rings. The fraction of sp³-hybridized carbons (Fsp3) is 0.688. The first-order valence-electron chi connectivity index (χ1n) is 8.41. The molecular formula is C16H25N5O4S. The number of aliphatic hydroxyl groups is 3. The summed E-state index contributed by atoms with van der Waals surface area (Å²) >= 11 is 1.37. The molecule has 0 aromatic carbocycles. The molecule has 5 atom stereocenters. The highest BCUT2D eigenvalue weighted by Crippen LogP contribution is 2.32. The number of nitrogens with zero attached hydrogens (tertiary/aromatic N) is 4. The van der Waals surface area contributed by atoms with E-state index in [1.807, 2.05) is 13.2 Å². The summed E-state index contributed by atoms with van der Waals surface area (Å²) in [6.07, 6.45) is -1.01. The van der Waals surface area contributed by atoms with Crippen LogP contribution in [0.15, 0.2) is 27.1 Å². The topological polar surface area (TPSA) is 136 Å². The molecule has 0 aromatic heterocycles. The van der Waals surface area contributed by atoms with Gasteiger partial charge in [-0.25, -0.2) is 9.98 Å². The van der Waals surface area contributed by atoms with Crippen molar-refractivity contribution < 1.29 is 20.1 Å². The van der Waals surface area contributed by atoms with E-state index in [1.54, 1.807) is 4.90 Å². The van der Waals surface area contributed by atoms with Crippen LogP contribution < -0.4 is 5.73 Å². The zero-order valence-electron chi connectivity index (χ0n) is 14.9. The number of ether oxygens (including phenoxy) is 1. The standard InChI is InChI=1S/C16H25N5O4S/c1-8(2)4-5-16(17)12-13(19-15(20-16)26-3)21(7-18-12)14-11(24)10(23)9(6-22)25-14/h9-11,14,22-24H,1,4-7,17H2,2-3H3/t9-,10-,11-,14-,16?/m1/s1. The van der Waals surface area contributed by atoms with Gasteiger partial charge in [0, 0.05) is 0 Å². The first-order chi connectivity index (χ1) is 12.3. The summed E-state index contributed by atoms with van der Waals surface area (Å²) < 4.78 is 5.62. The Labute approximate surface area is 156 Å². The molecule has 10 heteroatoms. The van der Waals surface area contributed by atoms with Crippen LogP contribution in [0.4, 0.5) is 0 Å². The van der Waals surface area contributed by atoms with Crippen molar-refractivity contribution in [2.24, 2.45) is 20.7 Å². The van der Waals surface area contributed by atoms with Crippen LogP contribution in [0.3, 0.4) is 0 Å². The number of amidine groups is 2. The maximum absolute atomic E-state index is 10.3. The molecule has 0 spiro atoms. The number of thioether (sulfide) groups is 1. The molecule has 3 rings (SSSR count). The number of allylic oxidation sites excluding steroid dienone is 1. The van der Waals surface area contributed by atoms with Crippen LogP contribution in [0.25, 0.3) is 0 Å². The van der Waals surface area contributed by atoms with E-state index in [1.165, 1.54) is 11.8 Å². The van der Waals surface area contributed by atoms with Gasteiger partial charge in [0.05, 0.1) is 6.61 Å². The number of aliphatic imine (C=N–C) groups is 3. The summed E-state index contributed by atoms with van der Waals surface area (Å²) in [4.78, 5) is 15.2. The SMILES string of the molecule is C=C(C)CCC1(N)N=C(SC)N=C2C1=NCN2[C@@H]1O[C@H](CO)[C@@H](O)[C@H]1O. The maximum Gasteiger partial charge on any atom is 0.186 e. The van der Waals surface area contributed by atoms with Gasteiger partial charge in [-0.3, -0.25) is 4.99 Å². The van der Waals surface area contributed by atoms with Crippen LogP contribution in [0.2, 0.25) is 0 Å². The summed E-state index contributed by atoms with van der Waals surface area (Å²) in [6.45, 7) is 5.64. The Hall–Kier alpha value is -1.30. The summed E-state index contributed by atoms with van der Waals surface area (Å²) in [5.41, 5.74) is 7.07. The molecule has 1 unspecified atom stereocenters. The predicted molar refractivity (Wildman–Crippen MR) is 101 cm³/mol. The summed E-state index contributed by atoms with van der Waals surface area (Å²) in [5, 5.41) is 30.2. The number of hydrogen-bond acceptors (Lipinski definition) is 10. The maximum atomic E-state index is 10.3. The Morgan fingerprint density at radius 3 is 2.77 bits per heavy atom. The lowest BCUT2D eigenvalue weighted by Crippen LogP contribution is -2.56. The van der Waals surface area contributed by atoms with Crippen molar-refractivity contribution in [3.8, 4) is 0 Å². The zero-order valence-corrected chi connectivity index (χ0v) is 15.7. The van der Waals surface area contributed by atoms with E-state index in [2.05, 4.69) is 21.6 Å². The number of hydrogen-bond donors (Lipinski definition) is 4. The third kappa shape index (κ3) is 3.32. The fourth-order valence-electron chi connectivity index (χ4n) is 3.22. The largest absolute Gasteiger partial charge is 0.394 e. The second-order valence-electron chi connectivity index (χ2n) is 6.76. The van der Waals surface area contributed by atoms with Crippen LogP contribution in [0, 0.1) is 0 Å². The number of fused-ring (bicyclic) bond motifs is 1. The van der Waals surface area contributed by atoms with Gasteiger partial charge in [0.2, 0.25) is 0 Å². The lowest BCUT2D eigenvalue weighted by atomic mass is 9.95. The first-order valence-corrected chi connectivity index (χ1v) is 9.63. The molecule has 1 saturated heterocycles. The van der Waals surface area contributed by atoms with E-state index in [9.17, 15) is 15.3 Å². The third-order valence-electron chi connectivity index (χ3n) is 4.71. The summed E-state index contributed by atoms with van der Waals surface area (Å²) in [6, 6.07) is 0. The minimum atomic E-state index is -1.19. The highest BCUT2D eigenvalue weighted by molar-refractivity contribution is 8.13. The molecular weight excluding hydrogens is 358 g/mol. The fourth-order valence-corrected chi connectivity index (χ4v) is 3.65. The molecule has 26 heavy (non-hydrogen) atoms. The van der Waals surface area contributed by atoms with Gasteiger partial charge in [-0.1, -0.05) is 17.3 Å². The first kappa shape index (κ1) is 19.5. The second-order valence-corrected chi connectivity index (χ2v) is 7.54. The van der Waals surface area contributed by atoms with Gasteiger partial charge < -0.3 is 30.7 Å². The van der Waals surface area contributed by atoms with E-state index in [0.29, 0.717) is 29.6 Å². The molecule has 0 radical (unpaired) electrons. The molecule has 3 heterocycles. The van der Waals surface area contributed by atoms with Crippen LogP contribution in [0.5, 0.6) is 0 Å². The summed E-state index contributed by atoms with van der Waals surface area (Å²) in [7, 11) is 0. The highest BCUT2D eigenvalue weighted by atomic mass is 32.2. The molecule has 0 aromatic rings. The Morgan fingerprint density at radius 2 is 2.19 bits per heavy atom. The van der Waals surface area contributed by atoms with E-state index in [4.69, 9.17) is 10.5 Å². The van der Waals surface area contributed by atoms with Gasteiger partial charge in [0.1, 0.15) is 30.7 Å². The molecule has 0 bridgehead atoms. The van der Waals surface area contributed by atoms with Gasteiger partial charge in [-0.15, -0.1) is 6.58 Å². The van der Waals surface area contributed by atoms with Crippen LogP contribution in [0.1, 0.15) is 19.8 Å². The van der Waals surface area contributed by atoms with E-state index >= 15 is 0 Å². The van der Waals surface area contributed by atoms with Crippen molar-refractivity contribution in [3.05, 3.63) is 12.2 Å². The minimum Gasteiger partial charge on any atom is -0.394 e. The number of aliphatic hydroxyl groups excluding tert-OH is 3. The summed E-state index contributed by atoms with van der Waals surface area (Å²) in [5.74, 6) is 0.489. The molecule has 5 N–H and O–H groups in total. The monoisotopic (exact) mass is 383 g/mol. The van der Waals surface area contributed by atoms with E-state index in [0.717, 1.165) is 5.57 Å². The quantitative estimate of drug-likeness (QED) is 0.460. The van der Waals surface area contributed by atoms with Crippen molar-refractivity contribution in [2.45, 2.75) is 50.0 Å². The Kier molecular flexibility index (Phi) is 5.52. The van der Waals surface area contributed by atoms with E-state index in [-0.39, 0.29) is 13.3 Å². The van der Waals surface area contributed by atoms with Gasteiger partial charge in [-0.05, 0) is 26.0 Å². The number of nitrogens with two attached hydrogens (primary N) is 1. The van der Waals surface area contributed by atoms with Gasteiger partial charge in [0.15, 0.2) is 22.9 Å². The average molecular weight is 383 g/mol. The van der Waals surface area contributed by atoms with Gasteiger partial charge in [0.25, 0.3) is 0 Å². The van der Waals surface area contributed by atoms with Crippen molar-refractivity contribution in [2.75, 3.05) is 19.5 Å². The third-order valence-corrected chi connectivity index (χ3v) is 5.26. The second kappa shape index (κ2) is 7.37. The van der Waals surface area contributed by atoms with Gasteiger partial charge >= 0.3 is 0 Å². The van der Waals surface area contributed by atoms with Crippen LogP contribution >= 0.6 is 11.8 Å². The van der Waals surface area contributed by atoms with Crippen LogP contribution in [-0.4, -0.2) is 86.7 Å². The highest BCUT2D eigenvalue weighted by Gasteiger charge is 2.51. The van der Waals surface area contributed by atoms with Crippen molar-refractivity contribution in [1.29, 1.82) is 0 Å². The molecule has 144 valence electrons. The molecule has 0 saturated carbocycles. The minimum absolute atomic E-state index is 0.184. The average Bonchev–Trinajstić information content (AvgIpc) is 3.15.